The van der Waals surface area contributed by atoms with Gasteiger partial charge in [0.15, 0.2) is 0 Å². The van der Waals surface area contributed by atoms with E-state index in [1.54, 1.807) is 12.3 Å². The molecule has 1 aromatic carbocycles. The van der Waals surface area contributed by atoms with Crippen LogP contribution in [0.1, 0.15) is 66.6 Å². The highest BCUT2D eigenvalue weighted by Gasteiger charge is 2.35. The lowest BCUT2D eigenvalue weighted by atomic mass is 9.86. The number of halogens is 1. The first kappa shape index (κ1) is 22.0. The fourth-order valence-electron chi connectivity index (χ4n) is 4.85. The Kier molecular flexibility index (Phi) is 7.06. The summed E-state index contributed by atoms with van der Waals surface area (Å²) in [5.74, 6) is 0.431. The maximum atomic E-state index is 13.2. The van der Waals surface area contributed by atoms with Crippen LogP contribution in [0, 0.1) is 5.92 Å². The fraction of sp³-hybridized carbons (Fsp3) is 0.480. The Balaban J connectivity index is 1.52. The minimum atomic E-state index is -0.187. The molecule has 2 amide bonds. The van der Waals surface area contributed by atoms with Gasteiger partial charge in [-0.1, -0.05) is 44.0 Å². The number of aromatic nitrogens is 1. The van der Waals surface area contributed by atoms with Gasteiger partial charge in [0.05, 0.1) is 0 Å². The van der Waals surface area contributed by atoms with Crippen LogP contribution in [0.3, 0.4) is 0 Å². The number of likely N-dealkylation sites (tertiary alicyclic amines) is 1. The molecule has 4 rings (SSSR count). The van der Waals surface area contributed by atoms with E-state index in [9.17, 15) is 9.59 Å². The van der Waals surface area contributed by atoms with Gasteiger partial charge >= 0.3 is 0 Å². The van der Waals surface area contributed by atoms with Crippen molar-refractivity contribution in [2.45, 2.75) is 57.4 Å². The topological polar surface area (TPSA) is 62.3 Å². The number of aryl methyl sites for hydroxylation is 1. The monoisotopic (exact) mass is 483 g/mol. The molecule has 31 heavy (non-hydrogen) atoms. The van der Waals surface area contributed by atoms with Gasteiger partial charge in [-0.15, -0.1) is 0 Å². The zero-order valence-corrected chi connectivity index (χ0v) is 19.6. The van der Waals surface area contributed by atoms with E-state index in [4.69, 9.17) is 0 Å². The molecule has 2 unspecified atom stereocenters. The van der Waals surface area contributed by atoms with Crippen LogP contribution >= 0.6 is 15.9 Å². The van der Waals surface area contributed by atoms with Gasteiger partial charge in [-0.25, -0.2) is 4.98 Å². The molecule has 2 atom stereocenters. The molecule has 0 spiro atoms. The summed E-state index contributed by atoms with van der Waals surface area (Å²) in [5.41, 5.74) is 2.94. The third-order valence-corrected chi connectivity index (χ3v) is 7.09. The number of amides is 2. The highest BCUT2D eigenvalue weighted by Crippen LogP contribution is 2.32. The van der Waals surface area contributed by atoms with Crippen molar-refractivity contribution < 1.29 is 9.59 Å². The molecule has 1 saturated heterocycles. The maximum Gasteiger partial charge on any atom is 0.270 e. The number of hydrogen-bond donors (Lipinski definition) is 1. The molecule has 1 N–H and O–H groups in total. The van der Waals surface area contributed by atoms with Crippen molar-refractivity contribution in [2.75, 3.05) is 13.1 Å². The Labute approximate surface area is 192 Å². The number of pyridine rings is 1. The molecule has 2 fully saturated rings. The van der Waals surface area contributed by atoms with Gasteiger partial charge < -0.3 is 10.2 Å². The van der Waals surface area contributed by atoms with Crippen molar-refractivity contribution in [3.05, 3.63) is 63.9 Å². The lowest BCUT2D eigenvalue weighted by Crippen LogP contribution is -2.53. The number of carbonyl (C=O) groups is 2. The summed E-state index contributed by atoms with van der Waals surface area (Å²) in [6, 6.07) is 12.2. The van der Waals surface area contributed by atoms with Crippen molar-refractivity contribution in [3.63, 3.8) is 0 Å². The summed E-state index contributed by atoms with van der Waals surface area (Å²) in [6.45, 7) is 3.45. The molecule has 1 saturated carbocycles. The molecular weight excluding hydrogens is 454 g/mol. The highest BCUT2D eigenvalue weighted by molar-refractivity contribution is 9.10. The Hall–Kier alpha value is -2.21. The SMILES string of the molecule is CCc1ccc(C2CC(NC(=O)c3ccc(Br)cn3)CN(C(=O)C3CCCC3)C2)cc1. The van der Waals surface area contributed by atoms with E-state index in [1.165, 1.54) is 11.1 Å². The summed E-state index contributed by atoms with van der Waals surface area (Å²) in [7, 11) is 0. The van der Waals surface area contributed by atoms with E-state index in [2.05, 4.69) is 57.4 Å². The van der Waals surface area contributed by atoms with Crippen LogP contribution in [0.15, 0.2) is 47.1 Å². The van der Waals surface area contributed by atoms with E-state index in [0.29, 0.717) is 12.2 Å². The Bertz CT molecular complexity index is 907. The zero-order valence-electron chi connectivity index (χ0n) is 18.0. The normalized spacial score (nSPS) is 21.8. The number of piperidine rings is 1. The quantitative estimate of drug-likeness (QED) is 0.669. The molecule has 2 aromatic rings. The molecule has 0 bridgehead atoms. The first-order valence-electron chi connectivity index (χ1n) is 11.3. The number of carbonyl (C=O) groups excluding carboxylic acids is 2. The van der Waals surface area contributed by atoms with Crippen molar-refractivity contribution in [1.29, 1.82) is 0 Å². The van der Waals surface area contributed by atoms with Crippen LogP contribution in [0.5, 0.6) is 0 Å². The van der Waals surface area contributed by atoms with E-state index >= 15 is 0 Å². The van der Waals surface area contributed by atoms with Gasteiger partial charge in [-0.05, 0) is 64.9 Å². The van der Waals surface area contributed by atoms with Crippen molar-refractivity contribution in [1.82, 2.24) is 15.2 Å². The molecule has 0 radical (unpaired) electrons. The van der Waals surface area contributed by atoms with Crippen LogP contribution < -0.4 is 5.32 Å². The van der Waals surface area contributed by atoms with Gasteiger partial charge in [-0.2, -0.15) is 0 Å². The highest BCUT2D eigenvalue weighted by atomic mass is 79.9. The first-order valence-corrected chi connectivity index (χ1v) is 12.1. The Morgan fingerprint density at radius 2 is 1.84 bits per heavy atom. The summed E-state index contributed by atoms with van der Waals surface area (Å²) in [6.07, 6.45) is 7.72. The lowest BCUT2D eigenvalue weighted by molar-refractivity contribution is -0.137. The van der Waals surface area contributed by atoms with E-state index in [0.717, 1.165) is 49.5 Å². The van der Waals surface area contributed by atoms with Gasteiger partial charge in [0.1, 0.15) is 5.69 Å². The smallest absolute Gasteiger partial charge is 0.270 e. The number of benzene rings is 1. The van der Waals surface area contributed by atoms with Gasteiger partial charge in [0.2, 0.25) is 5.91 Å². The fourth-order valence-corrected chi connectivity index (χ4v) is 5.09. The van der Waals surface area contributed by atoms with Gasteiger partial charge in [-0.3, -0.25) is 9.59 Å². The number of nitrogens with one attached hydrogen (secondary N) is 1. The standard InChI is InChI=1S/C25H30BrN3O2/c1-2-17-7-9-18(10-8-17)20-13-22(28-24(30)23-12-11-21(26)14-27-23)16-29(15-20)25(31)19-5-3-4-6-19/h7-12,14,19-20,22H,2-6,13,15-16H2,1H3,(H,28,30). The number of rotatable bonds is 5. The molecule has 2 heterocycles. The second kappa shape index (κ2) is 9.94. The van der Waals surface area contributed by atoms with Crippen LogP contribution in [0.2, 0.25) is 0 Å². The average Bonchev–Trinajstić information content (AvgIpc) is 3.34. The van der Waals surface area contributed by atoms with E-state index in [-0.39, 0.29) is 29.7 Å². The van der Waals surface area contributed by atoms with Crippen LogP contribution in [0.25, 0.3) is 0 Å². The predicted octanol–water partition coefficient (Wildman–Crippen LogP) is 4.71. The molecule has 5 nitrogen and oxygen atoms in total. The molecule has 1 aliphatic heterocycles. The predicted molar refractivity (Wildman–Crippen MR) is 125 cm³/mol. The van der Waals surface area contributed by atoms with Crippen molar-refractivity contribution in [2.24, 2.45) is 5.92 Å². The van der Waals surface area contributed by atoms with E-state index < -0.39 is 0 Å². The third kappa shape index (κ3) is 5.35. The molecule has 2 aliphatic rings. The third-order valence-electron chi connectivity index (χ3n) is 6.62. The number of hydrogen-bond acceptors (Lipinski definition) is 3. The summed E-state index contributed by atoms with van der Waals surface area (Å²) in [5, 5.41) is 3.14. The summed E-state index contributed by atoms with van der Waals surface area (Å²) in [4.78, 5) is 32.2. The average molecular weight is 484 g/mol. The minimum Gasteiger partial charge on any atom is -0.346 e. The van der Waals surface area contributed by atoms with Crippen LogP contribution in [0.4, 0.5) is 0 Å². The minimum absolute atomic E-state index is 0.0899. The van der Waals surface area contributed by atoms with E-state index in [1.807, 2.05) is 11.0 Å². The maximum absolute atomic E-state index is 13.2. The van der Waals surface area contributed by atoms with Crippen LogP contribution in [-0.2, 0) is 11.2 Å². The molecule has 1 aromatic heterocycles. The van der Waals surface area contributed by atoms with Crippen LogP contribution in [-0.4, -0.2) is 40.8 Å². The second-order valence-corrected chi connectivity index (χ2v) is 9.70. The Morgan fingerprint density at radius 1 is 1.10 bits per heavy atom. The zero-order chi connectivity index (χ0) is 21.8. The Morgan fingerprint density at radius 3 is 2.48 bits per heavy atom. The summed E-state index contributed by atoms with van der Waals surface area (Å²) < 4.78 is 0.839. The number of nitrogens with zero attached hydrogens (tertiary/aromatic N) is 2. The molecular formula is C25H30BrN3O2. The first-order chi connectivity index (χ1) is 15.0. The summed E-state index contributed by atoms with van der Waals surface area (Å²) >= 11 is 3.35. The lowest BCUT2D eigenvalue weighted by Gasteiger charge is -2.39. The van der Waals surface area contributed by atoms with Crippen molar-refractivity contribution >= 4 is 27.7 Å². The molecule has 1 aliphatic carbocycles. The van der Waals surface area contributed by atoms with Gasteiger partial charge in [0.25, 0.3) is 5.91 Å². The van der Waals surface area contributed by atoms with Crippen molar-refractivity contribution in [3.8, 4) is 0 Å². The molecule has 6 heteroatoms. The second-order valence-electron chi connectivity index (χ2n) is 8.78. The largest absolute Gasteiger partial charge is 0.346 e. The van der Waals surface area contributed by atoms with Gasteiger partial charge in [0, 0.05) is 41.6 Å². The molecule has 164 valence electrons.